The first-order valence-electron chi connectivity index (χ1n) is 5.22. The highest BCUT2D eigenvalue weighted by Crippen LogP contribution is 2.21. The lowest BCUT2D eigenvalue weighted by atomic mass is 10.0. The Morgan fingerprint density at radius 3 is 3.12 bits per heavy atom. The minimum atomic E-state index is -0.0924. The highest BCUT2D eigenvalue weighted by molar-refractivity contribution is 7.13. The van der Waals surface area contributed by atoms with Crippen LogP contribution in [0.4, 0.5) is 5.13 Å². The van der Waals surface area contributed by atoms with Gasteiger partial charge >= 0.3 is 0 Å². The van der Waals surface area contributed by atoms with Crippen LogP contribution in [-0.4, -0.2) is 40.6 Å². The molecule has 0 aromatic carbocycles. The van der Waals surface area contributed by atoms with Crippen molar-refractivity contribution in [1.29, 1.82) is 0 Å². The first-order chi connectivity index (χ1) is 7.67. The van der Waals surface area contributed by atoms with Crippen molar-refractivity contribution < 1.29 is 9.90 Å². The maximum atomic E-state index is 10.8. The summed E-state index contributed by atoms with van der Waals surface area (Å²) >= 11 is 1.44. The van der Waals surface area contributed by atoms with Crippen molar-refractivity contribution in [3.8, 4) is 0 Å². The van der Waals surface area contributed by atoms with Gasteiger partial charge in [-0.25, -0.2) is 4.98 Å². The summed E-state index contributed by atoms with van der Waals surface area (Å²) in [7, 11) is 0. The predicted octanol–water partition coefficient (Wildman–Crippen LogP) is 0.526. The molecule has 0 unspecified atom stereocenters. The normalized spacial score (nSPS) is 17.1. The Morgan fingerprint density at radius 2 is 2.50 bits per heavy atom. The number of nitrogens with zero attached hydrogens (tertiary/aromatic N) is 2. The van der Waals surface area contributed by atoms with Crippen LogP contribution in [-0.2, 0) is 11.3 Å². The number of carbonyl (C=O) groups excluding carboxylic acids is 1. The van der Waals surface area contributed by atoms with Crippen LogP contribution >= 0.6 is 11.3 Å². The molecule has 0 radical (unpaired) electrons. The number of aromatic nitrogens is 1. The van der Waals surface area contributed by atoms with Crippen LogP contribution < -0.4 is 5.32 Å². The van der Waals surface area contributed by atoms with E-state index in [1.807, 2.05) is 5.38 Å². The number of anilines is 1. The van der Waals surface area contributed by atoms with Gasteiger partial charge in [0.15, 0.2) is 5.13 Å². The van der Waals surface area contributed by atoms with E-state index in [-0.39, 0.29) is 12.5 Å². The third kappa shape index (κ3) is 2.78. The summed E-state index contributed by atoms with van der Waals surface area (Å²) in [6.07, 6.45) is 0. The molecule has 2 heterocycles. The minimum Gasteiger partial charge on any atom is -0.396 e. The molecule has 1 aromatic heterocycles. The van der Waals surface area contributed by atoms with Gasteiger partial charge in [0.05, 0.1) is 5.69 Å². The summed E-state index contributed by atoms with van der Waals surface area (Å²) in [4.78, 5) is 17.3. The zero-order chi connectivity index (χ0) is 11.5. The van der Waals surface area contributed by atoms with Crippen LogP contribution in [0.5, 0.6) is 0 Å². The van der Waals surface area contributed by atoms with Gasteiger partial charge < -0.3 is 10.4 Å². The molecule has 0 spiro atoms. The highest BCUT2D eigenvalue weighted by Gasteiger charge is 2.26. The maximum absolute atomic E-state index is 10.8. The van der Waals surface area contributed by atoms with Crippen molar-refractivity contribution in [2.75, 3.05) is 25.0 Å². The number of aliphatic hydroxyl groups excluding tert-OH is 1. The highest BCUT2D eigenvalue weighted by atomic mass is 32.1. The van der Waals surface area contributed by atoms with E-state index in [1.165, 1.54) is 18.3 Å². The van der Waals surface area contributed by atoms with E-state index in [9.17, 15) is 4.79 Å². The number of nitrogens with one attached hydrogen (secondary N) is 1. The van der Waals surface area contributed by atoms with E-state index in [2.05, 4.69) is 15.2 Å². The molecule has 1 aliphatic rings. The number of thiazole rings is 1. The quantitative estimate of drug-likeness (QED) is 0.807. The number of carbonyl (C=O) groups is 1. The molecule has 2 rings (SSSR count). The van der Waals surface area contributed by atoms with Crippen molar-refractivity contribution in [2.24, 2.45) is 5.92 Å². The second-order valence-electron chi connectivity index (χ2n) is 4.07. The van der Waals surface area contributed by atoms with E-state index in [4.69, 9.17) is 5.11 Å². The molecule has 16 heavy (non-hydrogen) atoms. The molecule has 1 saturated heterocycles. The number of aliphatic hydroxyl groups is 1. The van der Waals surface area contributed by atoms with Crippen LogP contribution in [0.1, 0.15) is 12.6 Å². The zero-order valence-electron chi connectivity index (χ0n) is 9.14. The average Bonchev–Trinajstić information content (AvgIpc) is 2.57. The maximum Gasteiger partial charge on any atom is 0.223 e. The topological polar surface area (TPSA) is 65.5 Å². The van der Waals surface area contributed by atoms with Gasteiger partial charge in [-0.05, 0) is 0 Å². The summed E-state index contributed by atoms with van der Waals surface area (Å²) in [5.74, 6) is 0.332. The van der Waals surface area contributed by atoms with Crippen molar-refractivity contribution in [3.63, 3.8) is 0 Å². The molecule has 1 amide bonds. The number of rotatable bonds is 4. The van der Waals surface area contributed by atoms with Gasteiger partial charge in [0.2, 0.25) is 5.91 Å². The fraction of sp³-hybridized carbons (Fsp3) is 0.600. The first-order valence-corrected chi connectivity index (χ1v) is 6.10. The van der Waals surface area contributed by atoms with Crippen LogP contribution in [0.15, 0.2) is 5.38 Å². The monoisotopic (exact) mass is 241 g/mol. The standard InChI is InChI=1S/C10H15N3O2S/c1-7(15)11-10-12-9(6-16-10)4-13-2-8(3-13)5-14/h6,8,14H,2-5H2,1H3,(H,11,12,15). The number of hydrogen-bond donors (Lipinski definition) is 2. The minimum absolute atomic E-state index is 0.0924. The van der Waals surface area contributed by atoms with Gasteiger partial charge in [-0.2, -0.15) is 0 Å². The lowest BCUT2D eigenvalue weighted by Crippen LogP contribution is -2.47. The average molecular weight is 241 g/mol. The Kier molecular flexibility index (Phi) is 3.52. The van der Waals surface area contributed by atoms with Crippen molar-refractivity contribution in [2.45, 2.75) is 13.5 Å². The fourth-order valence-electron chi connectivity index (χ4n) is 1.74. The molecule has 0 saturated carbocycles. The molecule has 5 nitrogen and oxygen atoms in total. The van der Waals surface area contributed by atoms with E-state index >= 15 is 0 Å². The van der Waals surface area contributed by atoms with Gasteiger partial charge in [-0.3, -0.25) is 9.69 Å². The summed E-state index contributed by atoms with van der Waals surface area (Å²) in [6.45, 7) is 4.41. The molecule has 88 valence electrons. The molecule has 1 aromatic rings. The molecule has 2 N–H and O–H groups in total. The lowest BCUT2D eigenvalue weighted by molar-refractivity contribution is -0.114. The Hall–Kier alpha value is -0.980. The molecule has 6 heteroatoms. The Labute approximate surface area is 98.1 Å². The van der Waals surface area contributed by atoms with Gasteiger partial charge in [0.25, 0.3) is 0 Å². The van der Waals surface area contributed by atoms with Crippen LogP contribution in [0.25, 0.3) is 0 Å². The number of amides is 1. The lowest BCUT2D eigenvalue weighted by Gasteiger charge is -2.37. The Balaban J connectivity index is 1.82. The van der Waals surface area contributed by atoms with Gasteiger partial charge in [0, 0.05) is 44.5 Å². The van der Waals surface area contributed by atoms with Crippen LogP contribution in [0, 0.1) is 5.92 Å². The third-order valence-corrected chi connectivity index (χ3v) is 3.32. The molecular weight excluding hydrogens is 226 g/mol. The fourth-order valence-corrected chi connectivity index (χ4v) is 2.49. The van der Waals surface area contributed by atoms with Crippen molar-refractivity contribution in [1.82, 2.24) is 9.88 Å². The summed E-state index contributed by atoms with van der Waals surface area (Å²) < 4.78 is 0. The summed E-state index contributed by atoms with van der Waals surface area (Å²) in [6, 6.07) is 0. The van der Waals surface area contributed by atoms with Crippen molar-refractivity contribution in [3.05, 3.63) is 11.1 Å². The van der Waals surface area contributed by atoms with E-state index in [0.29, 0.717) is 11.0 Å². The second kappa shape index (κ2) is 4.90. The van der Waals surface area contributed by atoms with E-state index in [0.717, 1.165) is 25.3 Å². The first kappa shape index (κ1) is 11.5. The SMILES string of the molecule is CC(=O)Nc1nc(CN2CC(CO)C2)cs1. The zero-order valence-corrected chi connectivity index (χ0v) is 9.96. The molecular formula is C10H15N3O2S. The molecule has 0 bridgehead atoms. The molecule has 1 fully saturated rings. The second-order valence-corrected chi connectivity index (χ2v) is 4.93. The summed E-state index contributed by atoms with van der Waals surface area (Å²) in [5.41, 5.74) is 0.977. The van der Waals surface area contributed by atoms with Crippen molar-refractivity contribution >= 4 is 22.4 Å². The number of likely N-dealkylation sites (tertiary alicyclic amines) is 1. The summed E-state index contributed by atoms with van der Waals surface area (Å²) in [5, 5.41) is 14.2. The molecule has 1 aliphatic heterocycles. The predicted molar refractivity (Wildman–Crippen MR) is 62.3 cm³/mol. The molecule has 0 aliphatic carbocycles. The molecule has 0 atom stereocenters. The number of hydrogen-bond acceptors (Lipinski definition) is 5. The van der Waals surface area contributed by atoms with Gasteiger partial charge in [-0.15, -0.1) is 11.3 Å². The Bertz CT molecular complexity index is 374. The van der Waals surface area contributed by atoms with Gasteiger partial charge in [0.1, 0.15) is 0 Å². The van der Waals surface area contributed by atoms with Gasteiger partial charge in [-0.1, -0.05) is 0 Å². The largest absolute Gasteiger partial charge is 0.396 e. The van der Waals surface area contributed by atoms with Crippen LogP contribution in [0.3, 0.4) is 0 Å². The third-order valence-electron chi connectivity index (χ3n) is 2.51. The van der Waals surface area contributed by atoms with E-state index < -0.39 is 0 Å². The Morgan fingerprint density at radius 1 is 1.75 bits per heavy atom. The smallest absolute Gasteiger partial charge is 0.223 e. The van der Waals surface area contributed by atoms with Crippen LogP contribution in [0.2, 0.25) is 0 Å². The van der Waals surface area contributed by atoms with E-state index in [1.54, 1.807) is 0 Å².